The Balaban J connectivity index is 2.55. The number of aryl methyl sites for hydroxylation is 1. The summed E-state index contributed by atoms with van der Waals surface area (Å²) < 4.78 is 2.73. The molecule has 0 aliphatic heterocycles. The summed E-state index contributed by atoms with van der Waals surface area (Å²) in [5.74, 6) is 0. The van der Waals surface area contributed by atoms with Crippen molar-refractivity contribution in [2.75, 3.05) is 0 Å². The summed E-state index contributed by atoms with van der Waals surface area (Å²) in [5.41, 5.74) is 1.26. The Hall–Kier alpha value is -1.78. The number of nitrogens with zero attached hydrogens (tertiary/aromatic N) is 3. The van der Waals surface area contributed by atoms with Crippen LogP contribution in [0.1, 0.15) is 0 Å². The minimum Gasteiger partial charge on any atom is -0.250 e. The largest absolute Gasteiger partial charge is 0.350 e. The fourth-order valence-corrected chi connectivity index (χ4v) is 1.20. The lowest BCUT2D eigenvalue weighted by molar-refractivity contribution is 0.726. The average Bonchev–Trinajstić information content (AvgIpc) is 2.50. The van der Waals surface area contributed by atoms with Crippen LogP contribution >= 0.6 is 0 Å². The molecule has 0 fully saturated rings. The molecule has 2 aromatic rings. The monoisotopic (exact) mass is 185 g/mol. The van der Waals surface area contributed by atoms with Gasteiger partial charge < -0.3 is 0 Å². The number of aromatic nitrogens is 3. The highest BCUT2D eigenvalue weighted by Gasteiger charge is 2.02. The van der Waals surface area contributed by atoms with E-state index in [1.54, 1.807) is 31.3 Å². The third-order valence-electron chi connectivity index (χ3n) is 1.99. The smallest absolute Gasteiger partial charge is 0.250 e. The molecular weight excluding hydrogens is 177 g/mol. The van der Waals surface area contributed by atoms with Crippen LogP contribution in [0.5, 0.6) is 0 Å². The zero-order valence-electron chi connectivity index (χ0n) is 7.71. The van der Waals surface area contributed by atoms with Gasteiger partial charge in [-0.3, -0.25) is 0 Å². The number of hydrogen-bond donors (Lipinski definition) is 0. The SMILES string of the molecule is [B]c1ccc(-n2cnn(C)c2=O)cc1. The van der Waals surface area contributed by atoms with Gasteiger partial charge in [-0.15, -0.1) is 0 Å². The van der Waals surface area contributed by atoms with Gasteiger partial charge in [0, 0.05) is 7.05 Å². The number of rotatable bonds is 1. The second-order valence-corrected chi connectivity index (χ2v) is 3.00. The molecule has 2 radical (unpaired) electrons. The standard InChI is InChI=1S/C9H8BN3O/c1-12-9(14)13(6-11-12)8-4-2-7(10)3-5-8/h2-6H,1H3. The zero-order valence-corrected chi connectivity index (χ0v) is 7.71. The summed E-state index contributed by atoms with van der Waals surface area (Å²) in [6.07, 6.45) is 1.48. The van der Waals surface area contributed by atoms with Gasteiger partial charge in [0.05, 0.1) is 5.69 Å². The average molecular weight is 185 g/mol. The van der Waals surface area contributed by atoms with Crippen molar-refractivity contribution in [1.82, 2.24) is 14.3 Å². The Labute approximate surface area is 82.2 Å². The Kier molecular flexibility index (Phi) is 2.00. The molecule has 4 nitrogen and oxygen atoms in total. The van der Waals surface area contributed by atoms with Crippen molar-refractivity contribution in [3.05, 3.63) is 41.1 Å². The van der Waals surface area contributed by atoms with Crippen LogP contribution in [0.4, 0.5) is 0 Å². The first kappa shape index (κ1) is 8.81. The highest BCUT2D eigenvalue weighted by Crippen LogP contribution is 2.00. The summed E-state index contributed by atoms with van der Waals surface area (Å²) in [6.45, 7) is 0. The van der Waals surface area contributed by atoms with Gasteiger partial charge in [0.25, 0.3) is 0 Å². The number of hydrogen-bond acceptors (Lipinski definition) is 2. The third kappa shape index (κ3) is 1.37. The van der Waals surface area contributed by atoms with Crippen LogP contribution in [0.15, 0.2) is 35.4 Å². The number of benzene rings is 1. The van der Waals surface area contributed by atoms with E-state index in [0.29, 0.717) is 5.46 Å². The molecule has 5 heteroatoms. The molecule has 1 heterocycles. The molecule has 0 N–H and O–H groups in total. The van der Waals surface area contributed by atoms with Gasteiger partial charge in [-0.25, -0.2) is 14.0 Å². The molecule has 2 rings (SSSR count). The predicted octanol–water partition coefficient (Wildman–Crippen LogP) is -0.635. The van der Waals surface area contributed by atoms with Crippen molar-refractivity contribution < 1.29 is 0 Å². The van der Waals surface area contributed by atoms with Crippen molar-refractivity contribution in [3.8, 4) is 5.69 Å². The summed E-state index contributed by atoms with van der Waals surface area (Å²) in [4.78, 5) is 11.5. The maximum absolute atomic E-state index is 11.5. The maximum atomic E-state index is 11.5. The minimum atomic E-state index is -0.172. The van der Waals surface area contributed by atoms with E-state index in [0.717, 1.165) is 5.69 Å². The van der Waals surface area contributed by atoms with E-state index in [1.807, 2.05) is 0 Å². The first-order chi connectivity index (χ1) is 6.68. The van der Waals surface area contributed by atoms with E-state index in [4.69, 9.17) is 7.85 Å². The molecule has 0 spiro atoms. The highest BCUT2D eigenvalue weighted by molar-refractivity contribution is 6.32. The normalized spacial score (nSPS) is 10.4. The molecule has 0 aliphatic rings. The van der Waals surface area contributed by atoms with E-state index in [2.05, 4.69) is 5.10 Å². The maximum Gasteiger partial charge on any atom is 0.350 e. The van der Waals surface area contributed by atoms with Crippen LogP contribution in [0.25, 0.3) is 5.69 Å². The predicted molar refractivity (Wildman–Crippen MR) is 54.2 cm³/mol. The fraction of sp³-hybridized carbons (Fsp3) is 0.111. The molecule has 0 saturated heterocycles. The summed E-state index contributed by atoms with van der Waals surface area (Å²) in [5, 5.41) is 3.85. The minimum absolute atomic E-state index is 0.172. The molecule has 68 valence electrons. The van der Waals surface area contributed by atoms with Gasteiger partial charge in [0.1, 0.15) is 14.2 Å². The molecule has 0 bridgehead atoms. The van der Waals surface area contributed by atoms with E-state index in [-0.39, 0.29) is 5.69 Å². The van der Waals surface area contributed by atoms with Crippen LogP contribution in [-0.4, -0.2) is 22.2 Å². The molecule has 0 atom stereocenters. The zero-order chi connectivity index (χ0) is 10.1. The van der Waals surface area contributed by atoms with Crippen molar-refractivity contribution in [1.29, 1.82) is 0 Å². The summed E-state index contributed by atoms with van der Waals surface area (Å²) in [6, 6.07) is 7.04. The molecule has 0 aliphatic carbocycles. The molecule has 0 saturated carbocycles. The van der Waals surface area contributed by atoms with Gasteiger partial charge in [-0.05, 0) is 12.1 Å². The van der Waals surface area contributed by atoms with Crippen molar-refractivity contribution >= 4 is 13.3 Å². The third-order valence-corrected chi connectivity index (χ3v) is 1.99. The lowest BCUT2D eigenvalue weighted by Gasteiger charge is -1.99. The van der Waals surface area contributed by atoms with Gasteiger partial charge in [0.15, 0.2) is 0 Å². The lowest BCUT2D eigenvalue weighted by atomic mass is 9.96. The van der Waals surface area contributed by atoms with E-state index in [1.165, 1.54) is 15.6 Å². The second kappa shape index (κ2) is 3.18. The van der Waals surface area contributed by atoms with Gasteiger partial charge in [0.2, 0.25) is 0 Å². The van der Waals surface area contributed by atoms with E-state index < -0.39 is 0 Å². The van der Waals surface area contributed by atoms with Crippen molar-refractivity contribution in [2.24, 2.45) is 7.05 Å². The molecule has 1 aromatic carbocycles. The summed E-state index contributed by atoms with van der Waals surface area (Å²) >= 11 is 0. The fourth-order valence-electron chi connectivity index (χ4n) is 1.20. The molecule has 0 unspecified atom stereocenters. The van der Waals surface area contributed by atoms with Gasteiger partial charge >= 0.3 is 5.69 Å². The van der Waals surface area contributed by atoms with Crippen LogP contribution < -0.4 is 11.2 Å². The van der Waals surface area contributed by atoms with Crippen LogP contribution in [0.2, 0.25) is 0 Å². The van der Waals surface area contributed by atoms with E-state index >= 15 is 0 Å². The Bertz CT molecular complexity index is 498. The quantitative estimate of drug-likeness (QED) is 0.554. The lowest BCUT2D eigenvalue weighted by Crippen LogP contribution is -2.21. The topological polar surface area (TPSA) is 39.8 Å². The summed E-state index contributed by atoms with van der Waals surface area (Å²) in [7, 11) is 7.15. The van der Waals surface area contributed by atoms with E-state index in [9.17, 15) is 4.79 Å². The highest BCUT2D eigenvalue weighted by atomic mass is 16.2. The molecule has 1 aromatic heterocycles. The van der Waals surface area contributed by atoms with Crippen molar-refractivity contribution in [3.63, 3.8) is 0 Å². The van der Waals surface area contributed by atoms with Gasteiger partial charge in [-0.2, -0.15) is 5.10 Å². The second-order valence-electron chi connectivity index (χ2n) is 3.00. The first-order valence-electron chi connectivity index (χ1n) is 4.15. The Morgan fingerprint density at radius 2 is 1.93 bits per heavy atom. The molecule has 0 amide bonds. The molecule has 14 heavy (non-hydrogen) atoms. The van der Waals surface area contributed by atoms with Crippen LogP contribution in [0, 0.1) is 0 Å². The Morgan fingerprint density at radius 1 is 1.29 bits per heavy atom. The van der Waals surface area contributed by atoms with Crippen LogP contribution in [-0.2, 0) is 7.05 Å². The van der Waals surface area contributed by atoms with Crippen molar-refractivity contribution in [2.45, 2.75) is 0 Å². The first-order valence-corrected chi connectivity index (χ1v) is 4.15. The Morgan fingerprint density at radius 3 is 2.43 bits per heavy atom. The molecular formula is C9H8BN3O. The van der Waals surface area contributed by atoms with Crippen LogP contribution in [0.3, 0.4) is 0 Å². The van der Waals surface area contributed by atoms with Gasteiger partial charge in [-0.1, -0.05) is 17.6 Å².